The van der Waals surface area contributed by atoms with Crippen LogP contribution in [0.2, 0.25) is 5.02 Å². The third-order valence-corrected chi connectivity index (χ3v) is 7.41. The number of rotatable bonds is 9. The van der Waals surface area contributed by atoms with Crippen LogP contribution in [0.1, 0.15) is 52.4 Å². The van der Waals surface area contributed by atoms with Crippen molar-refractivity contribution in [3.05, 3.63) is 29.3 Å². The molecule has 0 bridgehead atoms. The van der Waals surface area contributed by atoms with Crippen molar-refractivity contribution >= 4 is 63.7 Å². The lowest BCUT2D eigenvalue weighted by Crippen LogP contribution is -2.41. The average molecular weight is 492 g/mol. The van der Waals surface area contributed by atoms with Gasteiger partial charge < -0.3 is 9.57 Å². The summed E-state index contributed by atoms with van der Waals surface area (Å²) in [5.74, 6) is 2.93. The Morgan fingerprint density at radius 2 is 1.88 bits per heavy atom. The van der Waals surface area contributed by atoms with Gasteiger partial charge in [0, 0.05) is 17.9 Å². The highest BCUT2D eigenvalue weighted by Gasteiger charge is 2.41. The lowest BCUT2D eigenvalue weighted by atomic mass is 9.72. The number of ether oxygens (including phenoxy) is 1. The second-order valence-electron chi connectivity index (χ2n) is 8.52. The van der Waals surface area contributed by atoms with E-state index in [1.165, 1.54) is 12.2 Å². The van der Waals surface area contributed by atoms with E-state index in [0.29, 0.717) is 41.7 Å². The van der Waals surface area contributed by atoms with Crippen LogP contribution >= 0.6 is 23.4 Å². The second-order valence-corrected chi connectivity index (χ2v) is 10.1. The van der Waals surface area contributed by atoms with Crippen LogP contribution in [0.4, 0.5) is 0 Å². The van der Waals surface area contributed by atoms with Gasteiger partial charge in [-0.2, -0.15) is 11.8 Å². The molecule has 1 aromatic rings. The van der Waals surface area contributed by atoms with Crippen molar-refractivity contribution in [1.29, 1.82) is 0 Å². The van der Waals surface area contributed by atoms with E-state index >= 15 is 0 Å². The number of ketones is 2. The van der Waals surface area contributed by atoms with Crippen LogP contribution in [0.25, 0.3) is 0 Å². The van der Waals surface area contributed by atoms with Crippen LogP contribution in [-0.2, 0) is 14.4 Å². The standard InChI is InChI=1S/C24H32ClNO4S.Mg.2H/c1-3-5-21(26-29-14-16(2)30-20-9-7-19(25)8-10-20)24-22(27)12-18(13-23(24)28)17-6-4-11-31-15-17;;;/h7-10,16-18,24H,3-6,11-15H2,1-2H3;;;. The molecule has 1 aliphatic heterocycles. The Hall–Kier alpha value is -0.764. The first-order valence-electron chi connectivity index (χ1n) is 11.2. The smallest absolute Gasteiger partial charge is 0.316 e. The summed E-state index contributed by atoms with van der Waals surface area (Å²) in [6.45, 7) is 4.13. The summed E-state index contributed by atoms with van der Waals surface area (Å²) in [5, 5.41) is 4.89. The molecule has 1 aromatic carbocycles. The third kappa shape index (κ3) is 7.92. The van der Waals surface area contributed by atoms with Gasteiger partial charge in [-0.05, 0) is 73.8 Å². The molecule has 1 saturated heterocycles. The summed E-state index contributed by atoms with van der Waals surface area (Å²) in [7, 11) is 0. The van der Waals surface area contributed by atoms with Crippen LogP contribution in [-0.4, -0.2) is 64.5 Å². The number of carbonyl (C=O) groups is 2. The van der Waals surface area contributed by atoms with Crippen LogP contribution in [0.3, 0.4) is 0 Å². The molecule has 2 unspecified atom stereocenters. The van der Waals surface area contributed by atoms with Crippen molar-refractivity contribution in [3.8, 4) is 5.75 Å². The lowest BCUT2D eigenvalue weighted by Gasteiger charge is -2.34. The molecule has 0 amide bonds. The fourth-order valence-corrected chi connectivity index (χ4v) is 5.76. The van der Waals surface area contributed by atoms with Crippen molar-refractivity contribution in [1.82, 2.24) is 0 Å². The first kappa shape index (κ1) is 27.5. The van der Waals surface area contributed by atoms with Gasteiger partial charge in [-0.3, -0.25) is 9.59 Å². The zero-order valence-corrected chi connectivity index (χ0v) is 19.9. The number of carbonyl (C=O) groups excluding carboxylic acids is 2. The minimum absolute atomic E-state index is 0. The lowest BCUT2D eigenvalue weighted by molar-refractivity contribution is -0.135. The van der Waals surface area contributed by atoms with Crippen LogP contribution < -0.4 is 4.74 Å². The molecule has 0 aromatic heterocycles. The topological polar surface area (TPSA) is 65.0 Å². The Kier molecular flexibility index (Phi) is 11.9. The number of nitrogens with zero attached hydrogens (tertiary/aromatic N) is 1. The summed E-state index contributed by atoms with van der Waals surface area (Å²) >= 11 is 7.84. The van der Waals surface area contributed by atoms with Crippen molar-refractivity contribution in [2.24, 2.45) is 22.9 Å². The fourth-order valence-electron chi connectivity index (χ4n) is 4.35. The quantitative estimate of drug-likeness (QED) is 0.217. The average Bonchev–Trinajstić information content (AvgIpc) is 2.75. The molecule has 3 rings (SSSR count). The first-order valence-corrected chi connectivity index (χ1v) is 12.7. The molecule has 5 nitrogen and oxygen atoms in total. The Balaban J connectivity index is 0.00000363. The molecule has 174 valence electrons. The monoisotopic (exact) mass is 491 g/mol. The minimum atomic E-state index is -0.736. The van der Waals surface area contributed by atoms with E-state index in [1.54, 1.807) is 24.3 Å². The fraction of sp³-hybridized carbons (Fsp3) is 0.625. The van der Waals surface area contributed by atoms with Crippen molar-refractivity contribution in [2.75, 3.05) is 18.1 Å². The maximum Gasteiger partial charge on any atom is 0.316 e. The molecule has 1 aliphatic carbocycles. The molecule has 1 saturated carbocycles. The van der Waals surface area contributed by atoms with Gasteiger partial charge in [-0.1, -0.05) is 30.1 Å². The van der Waals surface area contributed by atoms with Gasteiger partial charge >= 0.3 is 23.1 Å². The van der Waals surface area contributed by atoms with E-state index < -0.39 is 5.92 Å². The van der Waals surface area contributed by atoms with Gasteiger partial charge in [0.25, 0.3) is 0 Å². The van der Waals surface area contributed by atoms with Gasteiger partial charge in [-0.15, -0.1) is 0 Å². The molecule has 0 spiro atoms. The number of hydrogen-bond donors (Lipinski definition) is 0. The normalized spacial score (nSPS) is 25.1. The Morgan fingerprint density at radius 1 is 1.19 bits per heavy atom. The van der Waals surface area contributed by atoms with Gasteiger partial charge in [-0.25, -0.2) is 0 Å². The molecule has 0 radical (unpaired) electrons. The molecule has 2 fully saturated rings. The van der Waals surface area contributed by atoms with E-state index in [4.69, 9.17) is 21.2 Å². The molecule has 32 heavy (non-hydrogen) atoms. The SMILES string of the molecule is CCCC(=NOCC(C)Oc1ccc(Cl)cc1)C1C(=O)CC(C2CCCSC2)CC1=O.[MgH2]. The predicted molar refractivity (Wildman–Crippen MR) is 135 cm³/mol. The zero-order chi connectivity index (χ0) is 22.2. The number of Topliss-reactive ketones (excluding diaryl/α,β-unsaturated/α-hetero) is 2. The largest absolute Gasteiger partial charge is 0.487 e. The van der Waals surface area contributed by atoms with Gasteiger partial charge in [0.2, 0.25) is 0 Å². The summed E-state index contributed by atoms with van der Waals surface area (Å²) in [5.41, 5.74) is 0.563. The summed E-state index contributed by atoms with van der Waals surface area (Å²) < 4.78 is 5.79. The summed E-state index contributed by atoms with van der Waals surface area (Å²) in [6, 6.07) is 7.12. The van der Waals surface area contributed by atoms with E-state index in [2.05, 4.69) is 5.16 Å². The number of benzene rings is 1. The van der Waals surface area contributed by atoms with Crippen LogP contribution in [0.5, 0.6) is 5.75 Å². The summed E-state index contributed by atoms with van der Waals surface area (Å²) in [6.07, 6.45) is 4.44. The van der Waals surface area contributed by atoms with Crippen molar-refractivity contribution < 1.29 is 19.2 Å². The number of thioether (sulfide) groups is 1. The predicted octanol–water partition coefficient (Wildman–Crippen LogP) is 4.67. The third-order valence-electron chi connectivity index (χ3n) is 5.91. The summed E-state index contributed by atoms with van der Waals surface area (Å²) in [4.78, 5) is 31.4. The van der Waals surface area contributed by atoms with E-state index in [0.717, 1.165) is 18.6 Å². The molecule has 2 atom stereocenters. The molecule has 1 heterocycles. The second kappa shape index (κ2) is 13.8. The number of oxime groups is 1. The van der Waals surface area contributed by atoms with E-state index in [-0.39, 0.29) is 53.2 Å². The number of halogens is 1. The maximum atomic E-state index is 12.9. The van der Waals surface area contributed by atoms with Crippen LogP contribution in [0, 0.1) is 17.8 Å². The van der Waals surface area contributed by atoms with Gasteiger partial charge in [0.05, 0.1) is 5.71 Å². The highest BCUT2D eigenvalue weighted by Crippen LogP contribution is 2.37. The molecular formula is C24H34ClMgNO4S. The van der Waals surface area contributed by atoms with E-state index in [1.807, 2.05) is 25.6 Å². The van der Waals surface area contributed by atoms with Crippen molar-refractivity contribution in [2.45, 2.75) is 58.5 Å². The highest BCUT2D eigenvalue weighted by molar-refractivity contribution is 7.99. The Labute approximate surface area is 216 Å². The Bertz CT molecular complexity index is 765. The molecule has 0 N–H and O–H groups in total. The van der Waals surface area contributed by atoms with Gasteiger partial charge in [0.1, 0.15) is 29.3 Å². The van der Waals surface area contributed by atoms with E-state index in [9.17, 15) is 9.59 Å². The zero-order valence-electron chi connectivity index (χ0n) is 18.3. The van der Waals surface area contributed by atoms with Crippen LogP contribution in [0.15, 0.2) is 29.4 Å². The molecular weight excluding hydrogens is 458 g/mol. The molecule has 2 aliphatic rings. The molecule has 8 heteroatoms. The highest BCUT2D eigenvalue weighted by atomic mass is 35.5. The maximum absolute atomic E-state index is 12.9. The Morgan fingerprint density at radius 3 is 2.47 bits per heavy atom. The number of hydrogen-bond acceptors (Lipinski definition) is 6. The van der Waals surface area contributed by atoms with Gasteiger partial charge in [0.15, 0.2) is 6.61 Å². The van der Waals surface area contributed by atoms with Crippen molar-refractivity contribution in [3.63, 3.8) is 0 Å². The first-order chi connectivity index (χ1) is 15.0. The minimum Gasteiger partial charge on any atom is -0.487 e.